The fourth-order valence-corrected chi connectivity index (χ4v) is 8.52. The standard InChI is InChI=1S/C28H38N4O5.C22H30N4O3.Li.H2O/c1-5-36-27(35)16-23(24-17-29-19(2)30-18-24)10-7-6-8-12-26(37-21(4)34)25-14-13-22-11-9-15-32(20(3)33)28(22)31-25;1-15-24-13-18(14-25-15)17(12-21(28)29)6-3-2-4-8-20(27)19-10-9-16-7-5-11-23-22(16)26-19;;/h13-14,17-18,23,26H,5-12,15-16H2,1-4H3;9-10,13-14,17,20,27H,2-8,11-12H2,1H3,(H,23,26)(H,28,29);;1H2/q;;+1;/p-1/t23-,26?;17-,20?;;/m00../s1. The fourth-order valence-electron chi connectivity index (χ4n) is 8.52. The molecule has 364 valence electrons. The Balaban J connectivity index is 0.000000359. The van der Waals surface area contributed by atoms with Crippen molar-refractivity contribution in [2.45, 2.75) is 161 Å². The van der Waals surface area contributed by atoms with Gasteiger partial charge in [-0.2, -0.15) is 0 Å². The van der Waals surface area contributed by atoms with Gasteiger partial charge in [-0.15, -0.1) is 0 Å². The molecular weight excluding hydrogens is 864 g/mol. The quantitative estimate of drug-likeness (QED) is 0.0508. The Morgan fingerprint density at radius 2 is 1.29 bits per heavy atom. The van der Waals surface area contributed by atoms with Crippen LogP contribution in [-0.4, -0.2) is 89.1 Å². The van der Waals surface area contributed by atoms with E-state index in [1.165, 1.54) is 12.5 Å². The number of fused-ring (bicyclic) bond motifs is 2. The van der Waals surface area contributed by atoms with Crippen LogP contribution in [0.2, 0.25) is 0 Å². The molecular formula is C50H69LiN8O9. The third kappa shape index (κ3) is 18.3. The van der Waals surface area contributed by atoms with E-state index < -0.39 is 18.2 Å². The third-order valence-electron chi connectivity index (χ3n) is 12.1. The van der Waals surface area contributed by atoms with E-state index in [-0.39, 0.29) is 60.4 Å². The normalized spacial score (nSPS) is 14.4. The van der Waals surface area contributed by atoms with Crippen molar-refractivity contribution in [1.82, 2.24) is 29.9 Å². The molecule has 6 rings (SSSR count). The molecule has 1 amide bonds. The van der Waals surface area contributed by atoms with Crippen LogP contribution in [0, 0.1) is 13.8 Å². The molecule has 4 atom stereocenters. The number of esters is 2. The molecule has 0 aromatic carbocycles. The first-order chi connectivity index (χ1) is 31.8. The number of carboxylic acid groups (broad SMARTS) is 1. The molecule has 4 aromatic heterocycles. The number of aliphatic carboxylic acids is 1. The molecule has 0 saturated heterocycles. The number of aliphatic hydroxyl groups is 1. The molecule has 0 saturated carbocycles. The smallest absolute Gasteiger partial charge is 0.870 e. The SMILES string of the molecule is CCOC(=O)C[C@H](CCCCCC(OC(C)=O)c1ccc2c(n1)N(C(C)=O)CCC2)c1cnc(C)nc1.Cc1ncc([C@@H](CCCCCC(O)c2ccc3c(n2)NCCC3)CC(=O)O)cn1.[Li+].[OH-]. The van der Waals surface area contributed by atoms with Crippen molar-refractivity contribution < 1.29 is 63.2 Å². The van der Waals surface area contributed by atoms with Gasteiger partial charge in [-0.1, -0.05) is 44.2 Å². The Bertz CT molecular complexity index is 2200. The Morgan fingerprint density at radius 1 is 0.735 bits per heavy atom. The van der Waals surface area contributed by atoms with Gasteiger partial charge in [0.25, 0.3) is 0 Å². The Kier molecular flexibility index (Phi) is 24.7. The van der Waals surface area contributed by atoms with E-state index in [1.54, 1.807) is 43.5 Å². The summed E-state index contributed by atoms with van der Waals surface area (Å²) in [6.45, 7) is 10.3. The van der Waals surface area contributed by atoms with Gasteiger partial charge in [0.05, 0.1) is 36.9 Å². The minimum absolute atomic E-state index is 0. The van der Waals surface area contributed by atoms with Gasteiger partial charge in [0.1, 0.15) is 29.4 Å². The summed E-state index contributed by atoms with van der Waals surface area (Å²) in [7, 11) is 0. The van der Waals surface area contributed by atoms with Gasteiger partial charge in [0.2, 0.25) is 5.91 Å². The van der Waals surface area contributed by atoms with Crippen molar-refractivity contribution in [2.75, 3.05) is 29.9 Å². The summed E-state index contributed by atoms with van der Waals surface area (Å²) < 4.78 is 10.8. The van der Waals surface area contributed by atoms with Crippen LogP contribution in [0.1, 0.15) is 180 Å². The van der Waals surface area contributed by atoms with Crippen LogP contribution in [0.4, 0.5) is 11.6 Å². The number of aromatic nitrogens is 6. The Labute approximate surface area is 412 Å². The number of hydrogen-bond donors (Lipinski definition) is 3. The molecule has 2 aliphatic rings. The third-order valence-corrected chi connectivity index (χ3v) is 12.1. The van der Waals surface area contributed by atoms with Crippen molar-refractivity contribution in [3.63, 3.8) is 0 Å². The Hall–Kier alpha value is -5.34. The number of carbonyl (C=O) groups excluding carboxylic acids is 3. The van der Waals surface area contributed by atoms with Crippen LogP contribution in [-0.2, 0) is 41.5 Å². The zero-order valence-electron chi connectivity index (χ0n) is 40.8. The molecule has 18 heteroatoms. The molecule has 2 unspecified atom stereocenters. The van der Waals surface area contributed by atoms with Crippen molar-refractivity contribution in [3.8, 4) is 0 Å². The van der Waals surface area contributed by atoms with E-state index in [4.69, 9.17) is 14.5 Å². The summed E-state index contributed by atoms with van der Waals surface area (Å²) in [5.74, 6) is 1.45. The molecule has 0 aliphatic carbocycles. The number of carboxylic acids is 1. The first kappa shape index (κ1) is 57.0. The molecule has 2 aliphatic heterocycles. The summed E-state index contributed by atoms with van der Waals surface area (Å²) in [5.41, 5.74) is 5.46. The summed E-state index contributed by atoms with van der Waals surface area (Å²) in [4.78, 5) is 75.3. The zero-order chi connectivity index (χ0) is 47.4. The van der Waals surface area contributed by atoms with Crippen LogP contribution >= 0.6 is 0 Å². The number of nitrogens with zero attached hydrogens (tertiary/aromatic N) is 7. The summed E-state index contributed by atoms with van der Waals surface area (Å²) in [5, 5.41) is 23.0. The van der Waals surface area contributed by atoms with Crippen molar-refractivity contribution in [2.24, 2.45) is 0 Å². The molecule has 0 radical (unpaired) electrons. The summed E-state index contributed by atoms with van der Waals surface area (Å²) in [6.07, 6.45) is 18.5. The second-order valence-electron chi connectivity index (χ2n) is 17.3. The van der Waals surface area contributed by atoms with E-state index in [0.717, 1.165) is 112 Å². The number of amides is 1. The topological polar surface area (TPSA) is 250 Å². The number of nitrogens with one attached hydrogen (secondary N) is 1. The maximum absolute atomic E-state index is 12.2. The van der Waals surface area contributed by atoms with Crippen molar-refractivity contribution >= 4 is 35.5 Å². The van der Waals surface area contributed by atoms with Crippen molar-refractivity contribution in [3.05, 3.63) is 94.3 Å². The van der Waals surface area contributed by atoms with Gasteiger partial charge in [0.15, 0.2) is 0 Å². The minimum atomic E-state index is -0.807. The maximum Gasteiger partial charge on any atom is 1.00 e. The Morgan fingerprint density at radius 3 is 1.88 bits per heavy atom. The number of anilines is 2. The van der Waals surface area contributed by atoms with E-state index in [1.807, 2.05) is 32.0 Å². The molecule has 4 aromatic rings. The van der Waals surface area contributed by atoms with Gasteiger partial charge in [-0.3, -0.25) is 24.1 Å². The second kappa shape index (κ2) is 29.5. The number of ether oxygens (including phenoxy) is 2. The first-order valence-electron chi connectivity index (χ1n) is 23.6. The van der Waals surface area contributed by atoms with Crippen LogP contribution in [0.15, 0.2) is 49.1 Å². The molecule has 17 nitrogen and oxygen atoms in total. The van der Waals surface area contributed by atoms with Gasteiger partial charge < -0.3 is 30.5 Å². The average molecular weight is 933 g/mol. The van der Waals surface area contributed by atoms with E-state index in [2.05, 4.69) is 36.3 Å². The molecule has 6 heterocycles. The summed E-state index contributed by atoms with van der Waals surface area (Å²) >= 11 is 0. The first-order valence-corrected chi connectivity index (χ1v) is 23.6. The predicted octanol–water partition coefficient (Wildman–Crippen LogP) is 5.38. The van der Waals surface area contributed by atoms with Gasteiger partial charge >= 0.3 is 36.8 Å². The number of pyridine rings is 2. The molecule has 0 spiro atoms. The predicted molar refractivity (Wildman–Crippen MR) is 252 cm³/mol. The number of unbranched alkanes of at least 4 members (excludes halogenated alkanes) is 4. The second-order valence-corrected chi connectivity index (χ2v) is 17.3. The van der Waals surface area contributed by atoms with Crippen LogP contribution in [0.3, 0.4) is 0 Å². The van der Waals surface area contributed by atoms with Gasteiger partial charge in [0, 0.05) is 51.7 Å². The minimum Gasteiger partial charge on any atom is -0.870 e. The van der Waals surface area contributed by atoms with Gasteiger partial charge in [-0.25, -0.2) is 29.9 Å². The fraction of sp³-hybridized carbons (Fsp3) is 0.560. The molecule has 68 heavy (non-hydrogen) atoms. The molecule has 0 bridgehead atoms. The van der Waals surface area contributed by atoms with E-state index in [9.17, 15) is 29.4 Å². The number of carbonyl (C=O) groups is 4. The zero-order valence-corrected chi connectivity index (χ0v) is 40.8. The van der Waals surface area contributed by atoms with E-state index in [0.29, 0.717) is 55.6 Å². The summed E-state index contributed by atoms with van der Waals surface area (Å²) in [6, 6.07) is 7.89. The number of aryl methyl sites for hydroxylation is 4. The van der Waals surface area contributed by atoms with E-state index >= 15 is 0 Å². The van der Waals surface area contributed by atoms with Crippen molar-refractivity contribution in [1.29, 1.82) is 0 Å². The largest absolute Gasteiger partial charge is 1.00 e. The number of aliphatic hydroxyl groups excluding tert-OH is 1. The monoisotopic (exact) mass is 933 g/mol. The maximum atomic E-state index is 12.2. The molecule has 0 fully saturated rings. The van der Waals surface area contributed by atoms with Crippen LogP contribution in [0.25, 0.3) is 0 Å². The number of rotatable bonds is 22. The van der Waals surface area contributed by atoms with Crippen LogP contribution in [0.5, 0.6) is 0 Å². The van der Waals surface area contributed by atoms with Crippen LogP contribution < -0.4 is 29.1 Å². The average Bonchev–Trinajstić information content (AvgIpc) is 3.30. The molecule has 4 N–H and O–H groups in total. The number of hydrogen-bond acceptors (Lipinski definition) is 15. The van der Waals surface area contributed by atoms with Gasteiger partial charge in [-0.05, 0) is 125 Å².